The van der Waals surface area contributed by atoms with Gasteiger partial charge in [0.1, 0.15) is 12.4 Å². The fourth-order valence-electron chi connectivity index (χ4n) is 3.43. The van der Waals surface area contributed by atoms with Gasteiger partial charge in [0.15, 0.2) is 0 Å². The number of rotatable bonds is 6. The molecule has 0 radical (unpaired) electrons. The lowest BCUT2D eigenvalue weighted by Crippen LogP contribution is -2.37. The summed E-state index contributed by atoms with van der Waals surface area (Å²) in [5.41, 5.74) is 7.93. The van der Waals surface area contributed by atoms with Crippen molar-refractivity contribution in [3.05, 3.63) is 45.6 Å². The Labute approximate surface area is 197 Å². The van der Waals surface area contributed by atoms with E-state index in [0.29, 0.717) is 22.5 Å². The lowest BCUT2D eigenvalue weighted by atomic mass is 10.0. The van der Waals surface area contributed by atoms with Crippen molar-refractivity contribution in [2.24, 2.45) is 0 Å². The van der Waals surface area contributed by atoms with Crippen LogP contribution in [0.15, 0.2) is 24.3 Å². The average Bonchev–Trinajstić information content (AvgIpc) is 3.41. The topological polar surface area (TPSA) is 93.4 Å². The first-order valence-electron chi connectivity index (χ1n) is 10.2. The van der Waals surface area contributed by atoms with Gasteiger partial charge in [-0.1, -0.05) is 35.4 Å². The summed E-state index contributed by atoms with van der Waals surface area (Å²) in [4.78, 5) is 22.7. The Hall–Kier alpha value is -2.72. The van der Waals surface area contributed by atoms with Gasteiger partial charge in [-0.3, -0.25) is 0 Å². The first kappa shape index (κ1) is 23.4. The smallest absolute Gasteiger partial charge is 0.392 e. The molecule has 0 spiro atoms. The van der Waals surface area contributed by atoms with Crippen molar-refractivity contribution >= 4 is 35.2 Å². The number of amides is 2. The summed E-state index contributed by atoms with van der Waals surface area (Å²) in [7, 11) is 0. The number of halogens is 5. The molecule has 176 valence electrons. The fourth-order valence-corrected chi connectivity index (χ4v) is 4.00. The molecule has 0 atom stereocenters. The predicted octanol–water partition coefficient (Wildman–Crippen LogP) is 5.11. The summed E-state index contributed by atoms with van der Waals surface area (Å²) in [6, 6.07) is 3.00. The molecule has 1 aromatic carbocycles. The molecule has 2 aliphatic rings. The van der Waals surface area contributed by atoms with Crippen molar-refractivity contribution in [3.8, 4) is 17.0 Å². The van der Waals surface area contributed by atoms with Crippen LogP contribution in [0, 0.1) is 0 Å². The maximum atomic E-state index is 12.5. The maximum Gasteiger partial charge on any atom is 0.392 e. The molecule has 1 saturated carbocycles. The van der Waals surface area contributed by atoms with Gasteiger partial charge < -0.3 is 20.7 Å². The lowest BCUT2D eigenvalue weighted by Gasteiger charge is -2.17. The van der Waals surface area contributed by atoms with Gasteiger partial charge >= 0.3 is 12.2 Å². The molecule has 1 aliphatic carbocycles. The number of aromatic nitrogens is 2. The van der Waals surface area contributed by atoms with Gasteiger partial charge in [0.05, 0.1) is 41.5 Å². The SMILES string of the molecule is Nc1nc2c(c(-c3c(Cl)cc(Cl)cc3OCC=CCC(F)(F)F)n1)CN(C(=O)NC1CC1)C2. The first-order chi connectivity index (χ1) is 15.6. The number of ether oxygens (including phenoxy) is 1. The third-order valence-electron chi connectivity index (χ3n) is 5.10. The molecule has 0 bridgehead atoms. The Bertz CT molecular complexity index is 1110. The molecule has 1 fully saturated rings. The third kappa shape index (κ3) is 5.80. The standard InChI is InChI=1S/C21H20Cl2F3N5O2/c22-11-7-14(23)17(16(8-11)33-6-2-1-5-21(24,25)26)18-13-9-31(20(32)28-12-3-4-12)10-15(13)29-19(27)30-18/h1-2,7-8,12H,3-6,9-10H2,(H,28,32)(H2,27,29,30). The molecule has 2 heterocycles. The van der Waals surface area contributed by atoms with Gasteiger partial charge in [-0.15, -0.1) is 0 Å². The zero-order chi connectivity index (χ0) is 23.8. The molecule has 33 heavy (non-hydrogen) atoms. The Morgan fingerprint density at radius 1 is 1.24 bits per heavy atom. The Kier molecular flexibility index (Phi) is 6.58. The number of fused-ring (bicyclic) bond motifs is 1. The Morgan fingerprint density at radius 3 is 2.70 bits per heavy atom. The van der Waals surface area contributed by atoms with E-state index >= 15 is 0 Å². The van der Waals surface area contributed by atoms with Crippen molar-refractivity contribution < 1.29 is 22.7 Å². The zero-order valence-electron chi connectivity index (χ0n) is 17.3. The molecule has 0 saturated heterocycles. The highest BCUT2D eigenvalue weighted by Crippen LogP contribution is 2.42. The second-order valence-corrected chi connectivity index (χ2v) is 8.64. The van der Waals surface area contributed by atoms with Crippen LogP contribution in [0.2, 0.25) is 10.0 Å². The minimum atomic E-state index is -4.29. The van der Waals surface area contributed by atoms with Gasteiger partial charge in [0.25, 0.3) is 0 Å². The van der Waals surface area contributed by atoms with Gasteiger partial charge in [0, 0.05) is 16.6 Å². The number of nitrogens with two attached hydrogens (primary N) is 1. The van der Waals surface area contributed by atoms with E-state index in [4.69, 9.17) is 33.7 Å². The van der Waals surface area contributed by atoms with Crippen LogP contribution < -0.4 is 15.8 Å². The minimum absolute atomic E-state index is 0.00441. The van der Waals surface area contributed by atoms with E-state index in [0.717, 1.165) is 18.9 Å². The van der Waals surface area contributed by atoms with Crippen LogP contribution in [0.1, 0.15) is 30.5 Å². The molecule has 4 rings (SSSR count). The van der Waals surface area contributed by atoms with Gasteiger partial charge in [-0.2, -0.15) is 13.2 Å². The average molecular weight is 502 g/mol. The monoisotopic (exact) mass is 501 g/mol. The molecular weight excluding hydrogens is 482 g/mol. The number of alkyl halides is 3. The number of allylic oxidation sites excluding steroid dienone is 1. The highest BCUT2D eigenvalue weighted by atomic mass is 35.5. The van der Waals surface area contributed by atoms with Crippen LogP contribution in [0.3, 0.4) is 0 Å². The highest BCUT2D eigenvalue weighted by molar-refractivity contribution is 6.37. The van der Waals surface area contributed by atoms with Crippen molar-refractivity contribution in [2.45, 2.75) is 44.6 Å². The van der Waals surface area contributed by atoms with Crippen molar-refractivity contribution in [3.63, 3.8) is 0 Å². The molecule has 2 amide bonds. The number of hydrogen-bond donors (Lipinski definition) is 2. The number of nitrogens with zero attached hydrogens (tertiary/aromatic N) is 3. The normalized spacial score (nSPS) is 15.7. The number of benzene rings is 1. The van der Waals surface area contributed by atoms with Gasteiger partial charge in [0.2, 0.25) is 5.95 Å². The molecule has 3 N–H and O–H groups in total. The third-order valence-corrected chi connectivity index (χ3v) is 5.61. The number of anilines is 1. The predicted molar refractivity (Wildman–Crippen MR) is 118 cm³/mol. The van der Waals surface area contributed by atoms with Crippen LogP contribution in [0.25, 0.3) is 11.3 Å². The number of nitrogens with one attached hydrogen (secondary N) is 1. The summed E-state index contributed by atoms with van der Waals surface area (Å²) in [5.74, 6) is 0.223. The summed E-state index contributed by atoms with van der Waals surface area (Å²) in [6.07, 6.45) is -1.20. The van der Waals surface area contributed by atoms with E-state index in [2.05, 4.69) is 15.3 Å². The number of urea groups is 1. The largest absolute Gasteiger partial charge is 0.489 e. The fraction of sp³-hybridized carbons (Fsp3) is 0.381. The number of nitrogen functional groups attached to an aromatic ring is 1. The van der Waals surface area contributed by atoms with E-state index in [9.17, 15) is 18.0 Å². The molecule has 0 unspecified atom stereocenters. The van der Waals surface area contributed by atoms with Crippen molar-refractivity contribution in [2.75, 3.05) is 12.3 Å². The van der Waals surface area contributed by atoms with E-state index in [1.54, 1.807) is 4.90 Å². The quantitative estimate of drug-likeness (QED) is 0.536. The molecule has 7 nitrogen and oxygen atoms in total. The highest BCUT2D eigenvalue weighted by Gasteiger charge is 2.33. The van der Waals surface area contributed by atoms with Crippen LogP contribution in [-0.2, 0) is 13.1 Å². The van der Waals surface area contributed by atoms with Crippen LogP contribution in [0.4, 0.5) is 23.9 Å². The van der Waals surface area contributed by atoms with Crippen LogP contribution >= 0.6 is 23.2 Å². The number of carbonyl (C=O) groups is 1. The number of hydrogen-bond acceptors (Lipinski definition) is 5. The van der Waals surface area contributed by atoms with Crippen molar-refractivity contribution in [1.29, 1.82) is 0 Å². The number of carbonyl (C=O) groups excluding carboxylic acids is 1. The van der Waals surface area contributed by atoms with E-state index in [1.165, 1.54) is 18.2 Å². The molecular formula is C21H20Cl2F3N5O2. The summed E-state index contributed by atoms with van der Waals surface area (Å²) in [6.45, 7) is 0.362. The molecule has 12 heteroatoms. The summed E-state index contributed by atoms with van der Waals surface area (Å²) >= 11 is 12.6. The Morgan fingerprint density at radius 2 is 2.00 bits per heavy atom. The van der Waals surface area contributed by atoms with E-state index in [1.807, 2.05) is 0 Å². The van der Waals surface area contributed by atoms with E-state index < -0.39 is 12.6 Å². The zero-order valence-corrected chi connectivity index (χ0v) is 18.8. The summed E-state index contributed by atoms with van der Waals surface area (Å²) in [5, 5.41) is 3.44. The molecule has 1 aromatic heterocycles. The van der Waals surface area contributed by atoms with Crippen LogP contribution in [0.5, 0.6) is 5.75 Å². The van der Waals surface area contributed by atoms with Gasteiger partial charge in [-0.25, -0.2) is 14.8 Å². The first-order valence-corrected chi connectivity index (χ1v) is 10.9. The summed E-state index contributed by atoms with van der Waals surface area (Å²) < 4.78 is 42.7. The molecule has 1 aliphatic heterocycles. The minimum Gasteiger partial charge on any atom is -0.489 e. The molecule has 2 aromatic rings. The second-order valence-electron chi connectivity index (χ2n) is 7.80. The van der Waals surface area contributed by atoms with Crippen molar-refractivity contribution in [1.82, 2.24) is 20.2 Å². The van der Waals surface area contributed by atoms with Gasteiger partial charge in [-0.05, 0) is 25.0 Å². The lowest BCUT2D eigenvalue weighted by molar-refractivity contribution is -0.125. The second kappa shape index (κ2) is 9.26. The van der Waals surface area contributed by atoms with Crippen LogP contribution in [-0.4, -0.2) is 39.7 Å². The van der Waals surface area contributed by atoms with E-state index in [-0.39, 0.29) is 53.5 Å². The Balaban J connectivity index is 1.62. The maximum absolute atomic E-state index is 12.5.